The lowest BCUT2D eigenvalue weighted by Gasteiger charge is -2.21. The molecule has 1 aromatic heterocycles. The van der Waals surface area contributed by atoms with E-state index in [-0.39, 0.29) is 5.91 Å². The summed E-state index contributed by atoms with van der Waals surface area (Å²) in [6.07, 6.45) is 4.88. The number of hydrogen-bond acceptors (Lipinski definition) is 3. The van der Waals surface area contributed by atoms with E-state index in [0.717, 1.165) is 30.8 Å². The molecule has 3 aromatic rings. The molecule has 1 aliphatic heterocycles. The van der Waals surface area contributed by atoms with E-state index in [1.54, 1.807) is 0 Å². The molecule has 2 aromatic carbocycles. The van der Waals surface area contributed by atoms with Crippen molar-refractivity contribution >= 4 is 11.6 Å². The minimum atomic E-state index is 0.152. The molecule has 1 aliphatic rings. The summed E-state index contributed by atoms with van der Waals surface area (Å²) >= 11 is 0. The Bertz CT molecular complexity index is 919. The average Bonchev–Trinajstić information content (AvgIpc) is 3.29. The van der Waals surface area contributed by atoms with Gasteiger partial charge in [-0.25, -0.2) is 0 Å². The van der Waals surface area contributed by atoms with Crippen molar-refractivity contribution in [3.8, 4) is 0 Å². The van der Waals surface area contributed by atoms with E-state index >= 15 is 0 Å². The Labute approximate surface area is 159 Å². The van der Waals surface area contributed by atoms with E-state index < -0.39 is 0 Å². The van der Waals surface area contributed by atoms with Crippen LogP contribution in [0.4, 0.5) is 5.69 Å². The molecule has 0 fully saturated rings. The van der Waals surface area contributed by atoms with Gasteiger partial charge in [0.25, 0.3) is 0 Å². The van der Waals surface area contributed by atoms with E-state index in [1.807, 2.05) is 64.1 Å². The van der Waals surface area contributed by atoms with Gasteiger partial charge in [-0.1, -0.05) is 48.5 Å². The normalized spacial score (nSPS) is 13.2. The zero-order valence-electron chi connectivity index (χ0n) is 15.6. The predicted octanol–water partition coefficient (Wildman–Crippen LogP) is 2.95. The molecule has 0 aliphatic carbocycles. The minimum Gasteiger partial charge on any atom is -0.311 e. The highest BCUT2D eigenvalue weighted by Crippen LogP contribution is 2.27. The smallest absolute Gasteiger partial charge is 0.241 e. The van der Waals surface area contributed by atoms with Gasteiger partial charge in [-0.2, -0.15) is 5.10 Å². The second kappa shape index (κ2) is 7.76. The second-order valence-corrected chi connectivity index (χ2v) is 7.13. The number of hydrogen-bond donors (Lipinski definition) is 0. The Morgan fingerprint density at radius 2 is 1.85 bits per heavy atom. The number of rotatable bonds is 6. The third-order valence-corrected chi connectivity index (χ3v) is 4.92. The lowest BCUT2D eigenvalue weighted by atomic mass is 10.2. The Morgan fingerprint density at radius 3 is 2.70 bits per heavy atom. The number of para-hydroxylation sites is 1. The number of fused-ring (bicyclic) bond motifs is 1. The monoisotopic (exact) mass is 360 g/mol. The van der Waals surface area contributed by atoms with Crippen LogP contribution in [0.5, 0.6) is 0 Å². The third kappa shape index (κ3) is 4.09. The van der Waals surface area contributed by atoms with Gasteiger partial charge in [-0.15, -0.1) is 0 Å². The molecule has 0 bridgehead atoms. The summed E-state index contributed by atoms with van der Waals surface area (Å²) in [7, 11) is 1.98. The molecule has 0 atom stereocenters. The van der Waals surface area contributed by atoms with Crippen LogP contribution in [0.15, 0.2) is 67.0 Å². The number of aromatic nitrogens is 2. The van der Waals surface area contributed by atoms with Crippen molar-refractivity contribution in [2.75, 3.05) is 25.0 Å². The standard InChI is InChI=1S/C22H24N4O/c1-24(17-22(27)26-12-11-20-9-5-6-10-21(20)26)14-19-13-23-25(16-19)15-18-7-3-2-4-8-18/h2-10,13,16H,11-12,14-15,17H2,1H3. The fourth-order valence-electron chi connectivity index (χ4n) is 3.63. The highest BCUT2D eigenvalue weighted by molar-refractivity contribution is 5.96. The molecule has 0 N–H and O–H groups in total. The first-order chi connectivity index (χ1) is 13.2. The number of benzene rings is 2. The number of likely N-dealkylation sites (N-methyl/N-ethyl adjacent to an activating group) is 1. The molecule has 0 saturated heterocycles. The molecule has 0 unspecified atom stereocenters. The Balaban J connectivity index is 1.33. The first-order valence-corrected chi connectivity index (χ1v) is 9.31. The maximum atomic E-state index is 12.7. The van der Waals surface area contributed by atoms with Gasteiger partial charge in [-0.05, 0) is 30.7 Å². The van der Waals surface area contributed by atoms with Crippen LogP contribution in [0.25, 0.3) is 0 Å². The number of carbonyl (C=O) groups is 1. The van der Waals surface area contributed by atoms with Crippen LogP contribution < -0.4 is 4.90 Å². The molecule has 27 heavy (non-hydrogen) atoms. The van der Waals surface area contributed by atoms with Gasteiger partial charge >= 0.3 is 0 Å². The Morgan fingerprint density at radius 1 is 1.07 bits per heavy atom. The number of anilines is 1. The van der Waals surface area contributed by atoms with Crippen molar-refractivity contribution < 1.29 is 4.79 Å². The van der Waals surface area contributed by atoms with Crippen LogP contribution in [0.2, 0.25) is 0 Å². The number of carbonyl (C=O) groups excluding carboxylic acids is 1. The molecule has 0 radical (unpaired) electrons. The summed E-state index contributed by atoms with van der Waals surface area (Å²) in [5, 5.41) is 4.45. The molecule has 0 saturated carbocycles. The van der Waals surface area contributed by atoms with Crippen LogP contribution in [0.3, 0.4) is 0 Å². The minimum absolute atomic E-state index is 0.152. The molecule has 5 heteroatoms. The quantitative estimate of drug-likeness (QED) is 0.679. The summed E-state index contributed by atoms with van der Waals surface area (Å²) in [6, 6.07) is 18.5. The summed E-state index contributed by atoms with van der Waals surface area (Å²) in [5.74, 6) is 0.152. The topological polar surface area (TPSA) is 41.4 Å². The first-order valence-electron chi connectivity index (χ1n) is 9.31. The van der Waals surface area contributed by atoms with Gasteiger partial charge in [0.2, 0.25) is 5.91 Å². The number of nitrogens with zero attached hydrogens (tertiary/aromatic N) is 4. The molecule has 1 amide bonds. The van der Waals surface area contributed by atoms with Crippen molar-refractivity contribution in [2.45, 2.75) is 19.5 Å². The van der Waals surface area contributed by atoms with Gasteiger partial charge in [-0.3, -0.25) is 14.4 Å². The molecule has 5 nitrogen and oxygen atoms in total. The highest BCUT2D eigenvalue weighted by atomic mass is 16.2. The molecular weight excluding hydrogens is 336 g/mol. The lowest BCUT2D eigenvalue weighted by Crippen LogP contribution is -2.37. The zero-order valence-corrected chi connectivity index (χ0v) is 15.6. The molecule has 4 rings (SSSR count). The van der Waals surface area contributed by atoms with Crippen LogP contribution in [0, 0.1) is 0 Å². The Hall–Kier alpha value is -2.92. The van der Waals surface area contributed by atoms with Gasteiger partial charge in [0.05, 0.1) is 19.3 Å². The van der Waals surface area contributed by atoms with Gasteiger partial charge < -0.3 is 4.90 Å². The van der Waals surface area contributed by atoms with Gasteiger partial charge in [0.1, 0.15) is 0 Å². The molecule has 2 heterocycles. The maximum absolute atomic E-state index is 12.7. The maximum Gasteiger partial charge on any atom is 0.241 e. The SMILES string of the molecule is CN(CC(=O)N1CCc2ccccc21)Cc1cnn(Cc2ccccc2)c1. The first kappa shape index (κ1) is 17.5. The zero-order chi connectivity index (χ0) is 18.6. The van der Waals surface area contributed by atoms with Crippen molar-refractivity contribution in [1.29, 1.82) is 0 Å². The van der Waals surface area contributed by atoms with E-state index in [2.05, 4.69) is 29.5 Å². The molecular formula is C22H24N4O. The van der Waals surface area contributed by atoms with E-state index in [4.69, 9.17) is 0 Å². The lowest BCUT2D eigenvalue weighted by molar-refractivity contribution is -0.119. The molecule has 0 spiro atoms. The van der Waals surface area contributed by atoms with Crippen molar-refractivity contribution in [1.82, 2.24) is 14.7 Å². The van der Waals surface area contributed by atoms with Crippen LogP contribution in [-0.4, -0.2) is 40.7 Å². The predicted molar refractivity (Wildman–Crippen MR) is 107 cm³/mol. The summed E-state index contributed by atoms with van der Waals surface area (Å²) < 4.78 is 1.94. The fourth-order valence-corrected chi connectivity index (χ4v) is 3.63. The largest absolute Gasteiger partial charge is 0.311 e. The third-order valence-electron chi connectivity index (χ3n) is 4.92. The van der Waals surface area contributed by atoms with Crippen LogP contribution >= 0.6 is 0 Å². The average molecular weight is 360 g/mol. The fraction of sp³-hybridized carbons (Fsp3) is 0.273. The van der Waals surface area contributed by atoms with E-state index in [9.17, 15) is 4.79 Å². The van der Waals surface area contributed by atoms with E-state index in [0.29, 0.717) is 13.1 Å². The van der Waals surface area contributed by atoms with Crippen LogP contribution in [-0.2, 0) is 24.3 Å². The van der Waals surface area contributed by atoms with Gasteiger partial charge in [0.15, 0.2) is 0 Å². The van der Waals surface area contributed by atoms with Crippen molar-refractivity contribution in [3.05, 3.63) is 83.7 Å². The van der Waals surface area contributed by atoms with Crippen molar-refractivity contribution in [2.24, 2.45) is 0 Å². The van der Waals surface area contributed by atoms with Crippen molar-refractivity contribution in [3.63, 3.8) is 0 Å². The summed E-state index contributed by atoms with van der Waals surface area (Å²) in [6.45, 7) is 2.64. The summed E-state index contributed by atoms with van der Waals surface area (Å²) in [5.41, 5.74) is 4.66. The Kier molecular flexibility index (Phi) is 5.03. The highest BCUT2D eigenvalue weighted by Gasteiger charge is 2.24. The number of amides is 1. The van der Waals surface area contributed by atoms with Gasteiger partial charge in [0, 0.05) is 30.5 Å². The molecule has 138 valence electrons. The van der Waals surface area contributed by atoms with Crippen LogP contribution in [0.1, 0.15) is 16.7 Å². The summed E-state index contributed by atoms with van der Waals surface area (Å²) in [4.78, 5) is 16.7. The van der Waals surface area contributed by atoms with E-state index in [1.165, 1.54) is 11.1 Å². The second-order valence-electron chi connectivity index (χ2n) is 7.13.